The van der Waals surface area contributed by atoms with Crippen molar-refractivity contribution < 1.29 is 4.79 Å². The van der Waals surface area contributed by atoms with E-state index >= 15 is 0 Å². The molecule has 0 saturated carbocycles. The normalized spacial score (nSPS) is 10.6. The lowest BCUT2D eigenvalue weighted by Gasteiger charge is -2.16. The lowest BCUT2D eigenvalue weighted by Crippen LogP contribution is -2.29. The van der Waals surface area contributed by atoms with E-state index < -0.39 is 0 Å². The van der Waals surface area contributed by atoms with E-state index in [1.54, 1.807) is 4.90 Å². The predicted octanol–water partition coefficient (Wildman–Crippen LogP) is 3.46. The van der Waals surface area contributed by atoms with Crippen molar-refractivity contribution in [2.45, 2.75) is 33.1 Å². The predicted molar refractivity (Wildman–Crippen MR) is 93.8 cm³/mol. The average molecular weight is 311 g/mol. The Morgan fingerprint density at radius 2 is 2.00 bits per heavy atom. The van der Waals surface area contributed by atoms with E-state index in [9.17, 15) is 4.79 Å². The fourth-order valence-corrected chi connectivity index (χ4v) is 2.64. The highest BCUT2D eigenvalue weighted by Gasteiger charge is 2.17. The Balaban J connectivity index is 2.13. The average Bonchev–Trinajstić information content (AvgIpc) is 2.84. The van der Waals surface area contributed by atoms with Gasteiger partial charge in [-0.1, -0.05) is 24.3 Å². The van der Waals surface area contributed by atoms with Crippen LogP contribution in [-0.4, -0.2) is 34.2 Å². The second-order valence-electron chi connectivity index (χ2n) is 5.82. The van der Waals surface area contributed by atoms with Gasteiger partial charge < -0.3 is 4.90 Å². The van der Waals surface area contributed by atoms with Gasteiger partial charge in [-0.2, -0.15) is 5.10 Å². The lowest BCUT2D eigenvalue weighted by atomic mass is 10.1. The summed E-state index contributed by atoms with van der Waals surface area (Å²) in [7, 11) is 1.86. The molecule has 0 radical (unpaired) electrons. The number of aromatic nitrogens is 2. The van der Waals surface area contributed by atoms with Crippen molar-refractivity contribution in [3.63, 3.8) is 0 Å². The van der Waals surface area contributed by atoms with Crippen LogP contribution in [-0.2, 0) is 11.2 Å². The molecule has 1 heterocycles. The van der Waals surface area contributed by atoms with Crippen LogP contribution in [0.15, 0.2) is 43.0 Å². The van der Waals surface area contributed by atoms with Gasteiger partial charge in [-0.15, -0.1) is 6.58 Å². The summed E-state index contributed by atoms with van der Waals surface area (Å²) in [6.07, 6.45) is 4.17. The van der Waals surface area contributed by atoms with Gasteiger partial charge >= 0.3 is 0 Å². The Morgan fingerprint density at radius 1 is 1.30 bits per heavy atom. The Kier molecular flexibility index (Phi) is 5.74. The van der Waals surface area contributed by atoms with Crippen molar-refractivity contribution in [3.8, 4) is 5.69 Å². The topological polar surface area (TPSA) is 38.1 Å². The molecule has 4 nitrogen and oxygen atoms in total. The second-order valence-corrected chi connectivity index (χ2v) is 5.82. The number of aryl methyl sites for hydroxylation is 1. The van der Waals surface area contributed by atoms with Crippen molar-refractivity contribution >= 4 is 5.91 Å². The Labute approximate surface area is 138 Å². The molecule has 1 aromatic heterocycles. The minimum atomic E-state index is 0.132. The van der Waals surface area contributed by atoms with Crippen LogP contribution >= 0.6 is 0 Å². The molecule has 1 aromatic carbocycles. The molecule has 0 aliphatic rings. The van der Waals surface area contributed by atoms with Crippen LogP contribution in [0.25, 0.3) is 5.69 Å². The number of nitrogens with zero attached hydrogens (tertiary/aromatic N) is 3. The van der Waals surface area contributed by atoms with Crippen LogP contribution < -0.4 is 0 Å². The summed E-state index contributed by atoms with van der Waals surface area (Å²) in [5.41, 5.74) is 3.99. The molecule has 1 amide bonds. The van der Waals surface area contributed by atoms with Gasteiger partial charge in [-0.05, 0) is 38.8 Å². The number of rotatable bonds is 7. The summed E-state index contributed by atoms with van der Waals surface area (Å²) < 4.78 is 1.91. The van der Waals surface area contributed by atoms with Crippen LogP contribution in [0.3, 0.4) is 0 Å². The number of allylic oxidation sites excluding steroid dienone is 1. The van der Waals surface area contributed by atoms with Gasteiger partial charge in [0.25, 0.3) is 0 Å². The van der Waals surface area contributed by atoms with Gasteiger partial charge in [0.2, 0.25) is 5.91 Å². The van der Waals surface area contributed by atoms with E-state index in [4.69, 9.17) is 0 Å². The summed E-state index contributed by atoms with van der Waals surface area (Å²) in [5.74, 6) is 0.132. The van der Waals surface area contributed by atoms with Gasteiger partial charge in [0.15, 0.2) is 0 Å². The number of likely N-dealkylation sites (N-methyl/N-ethyl adjacent to an activating group) is 1. The molecule has 122 valence electrons. The van der Waals surface area contributed by atoms with Crippen molar-refractivity contribution in [2.24, 2.45) is 0 Å². The van der Waals surface area contributed by atoms with E-state index in [0.29, 0.717) is 6.42 Å². The standard InChI is InChI=1S/C19H25N3O/c1-5-6-10-13-21(4)19(23)14-18-15(2)20-22(16(18)3)17-11-8-7-9-12-17/h5,7-9,11-12H,1,6,10,13-14H2,2-4H3. The molecule has 0 fully saturated rings. The molecule has 0 saturated heterocycles. The van der Waals surface area contributed by atoms with Crippen LogP contribution in [0.2, 0.25) is 0 Å². The third-order valence-electron chi connectivity index (χ3n) is 4.10. The molecule has 0 aliphatic heterocycles. The van der Waals surface area contributed by atoms with E-state index in [0.717, 1.165) is 42.0 Å². The third-order valence-corrected chi connectivity index (χ3v) is 4.10. The summed E-state index contributed by atoms with van der Waals surface area (Å²) in [5, 5.41) is 4.60. The molecule has 4 heteroatoms. The highest BCUT2D eigenvalue weighted by Crippen LogP contribution is 2.19. The quantitative estimate of drug-likeness (QED) is 0.580. The summed E-state index contributed by atoms with van der Waals surface area (Å²) >= 11 is 0. The van der Waals surface area contributed by atoms with Gasteiger partial charge in [0, 0.05) is 24.8 Å². The fraction of sp³-hybridized carbons (Fsp3) is 0.368. The number of unbranched alkanes of at least 4 members (excludes halogenated alkanes) is 1. The molecule has 0 atom stereocenters. The van der Waals surface area contributed by atoms with Gasteiger partial charge in [0.1, 0.15) is 0 Å². The summed E-state index contributed by atoms with van der Waals surface area (Å²) in [4.78, 5) is 14.2. The SMILES string of the molecule is C=CCCCN(C)C(=O)Cc1c(C)nn(-c2ccccc2)c1C. The molecule has 0 spiro atoms. The maximum absolute atomic E-state index is 12.4. The lowest BCUT2D eigenvalue weighted by molar-refractivity contribution is -0.129. The fourth-order valence-electron chi connectivity index (χ4n) is 2.64. The molecule has 0 N–H and O–H groups in total. The molecular weight excluding hydrogens is 286 g/mol. The van der Waals surface area contributed by atoms with Crippen LogP contribution in [0.1, 0.15) is 29.8 Å². The second kappa shape index (κ2) is 7.77. The minimum absolute atomic E-state index is 0.132. The number of amides is 1. The molecule has 2 rings (SSSR count). The molecule has 0 unspecified atom stereocenters. The maximum atomic E-state index is 12.4. The van der Waals surface area contributed by atoms with Crippen LogP contribution in [0, 0.1) is 13.8 Å². The Morgan fingerprint density at radius 3 is 2.65 bits per heavy atom. The molecule has 0 bridgehead atoms. The molecule has 23 heavy (non-hydrogen) atoms. The molecule has 0 aliphatic carbocycles. The molecular formula is C19H25N3O. The summed E-state index contributed by atoms with van der Waals surface area (Å²) in [6.45, 7) is 8.46. The first-order valence-corrected chi connectivity index (χ1v) is 8.00. The van der Waals surface area contributed by atoms with Crippen LogP contribution in [0.4, 0.5) is 0 Å². The maximum Gasteiger partial charge on any atom is 0.226 e. The zero-order valence-corrected chi connectivity index (χ0v) is 14.2. The van der Waals surface area contributed by atoms with Gasteiger partial charge in [-0.25, -0.2) is 4.68 Å². The number of hydrogen-bond donors (Lipinski definition) is 0. The minimum Gasteiger partial charge on any atom is -0.345 e. The van der Waals surface area contributed by atoms with E-state index in [-0.39, 0.29) is 5.91 Å². The third kappa shape index (κ3) is 4.09. The van der Waals surface area contributed by atoms with Gasteiger partial charge in [-0.3, -0.25) is 4.79 Å². The van der Waals surface area contributed by atoms with Crippen molar-refractivity contribution in [1.82, 2.24) is 14.7 Å². The highest BCUT2D eigenvalue weighted by molar-refractivity contribution is 5.79. The van der Waals surface area contributed by atoms with E-state index in [1.807, 2.05) is 62.0 Å². The first-order chi connectivity index (χ1) is 11.0. The Bertz CT molecular complexity index is 673. The van der Waals surface area contributed by atoms with Crippen molar-refractivity contribution in [3.05, 3.63) is 59.9 Å². The number of carbonyl (C=O) groups excluding carboxylic acids is 1. The number of benzene rings is 1. The van der Waals surface area contributed by atoms with E-state index in [1.165, 1.54) is 0 Å². The zero-order valence-electron chi connectivity index (χ0n) is 14.2. The summed E-state index contributed by atoms with van der Waals surface area (Å²) in [6, 6.07) is 10.0. The van der Waals surface area contributed by atoms with Crippen molar-refractivity contribution in [2.75, 3.05) is 13.6 Å². The number of carbonyl (C=O) groups is 1. The van der Waals surface area contributed by atoms with Crippen molar-refractivity contribution in [1.29, 1.82) is 0 Å². The monoisotopic (exact) mass is 311 g/mol. The largest absolute Gasteiger partial charge is 0.345 e. The Hall–Kier alpha value is -2.36. The first-order valence-electron chi connectivity index (χ1n) is 8.00. The van der Waals surface area contributed by atoms with E-state index in [2.05, 4.69) is 11.7 Å². The smallest absolute Gasteiger partial charge is 0.226 e. The number of hydrogen-bond acceptors (Lipinski definition) is 2. The first kappa shape index (κ1) is 17.0. The molecule has 2 aromatic rings. The van der Waals surface area contributed by atoms with Gasteiger partial charge in [0.05, 0.1) is 17.8 Å². The highest BCUT2D eigenvalue weighted by atomic mass is 16.2. The van der Waals surface area contributed by atoms with Crippen LogP contribution in [0.5, 0.6) is 0 Å². The number of para-hydroxylation sites is 1. The zero-order chi connectivity index (χ0) is 16.8.